The highest BCUT2D eigenvalue weighted by Gasteiger charge is 2.21. The highest BCUT2D eigenvalue weighted by atomic mass is 16.3. The molecule has 0 radical (unpaired) electrons. The summed E-state index contributed by atoms with van der Waals surface area (Å²) >= 11 is 0. The molecule has 4 heterocycles. The number of fused-ring (bicyclic) bond motifs is 10. The summed E-state index contributed by atoms with van der Waals surface area (Å²) < 4.78 is 13.3. The van der Waals surface area contributed by atoms with Gasteiger partial charge in [0.05, 0.1) is 27.8 Å². The molecule has 0 saturated carbocycles. The van der Waals surface area contributed by atoms with E-state index in [1.807, 2.05) is 42.5 Å². The van der Waals surface area contributed by atoms with Gasteiger partial charge in [0.25, 0.3) is 0 Å². The summed E-state index contributed by atoms with van der Waals surface area (Å²) in [6.07, 6.45) is 0. The zero-order chi connectivity index (χ0) is 40.7. The Morgan fingerprint density at radius 1 is 0.290 bits per heavy atom. The van der Waals surface area contributed by atoms with E-state index in [1.54, 1.807) is 0 Å². The molecule has 6 nitrogen and oxygen atoms in total. The maximum Gasteiger partial charge on any atom is 0.168 e. The number of furan rings is 1. The number of aromatic nitrogens is 5. The van der Waals surface area contributed by atoms with E-state index in [0.29, 0.717) is 0 Å². The Kier molecular flexibility index (Phi) is 7.50. The lowest BCUT2D eigenvalue weighted by Crippen LogP contribution is -2.01. The van der Waals surface area contributed by atoms with Crippen molar-refractivity contribution in [3.8, 4) is 51.0 Å². The molecule has 0 N–H and O–H groups in total. The molecule has 62 heavy (non-hydrogen) atoms. The molecule has 0 amide bonds. The molecule has 0 spiro atoms. The predicted molar refractivity (Wildman–Crippen MR) is 254 cm³/mol. The van der Waals surface area contributed by atoms with Gasteiger partial charge in [-0.25, -0.2) is 0 Å². The Bertz CT molecular complexity index is 3810. The van der Waals surface area contributed by atoms with Crippen LogP contribution in [0.3, 0.4) is 0 Å². The fraction of sp³-hybridized carbons (Fsp3) is 0. The van der Waals surface area contributed by atoms with E-state index in [2.05, 4.69) is 184 Å². The van der Waals surface area contributed by atoms with Gasteiger partial charge in [0, 0.05) is 54.8 Å². The maximum atomic E-state index is 6.34. The predicted octanol–water partition coefficient (Wildman–Crippen LogP) is 14.4. The van der Waals surface area contributed by atoms with Crippen LogP contribution in [0.15, 0.2) is 217 Å². The maximum absolute atomic E-state index is 6.34. The smallest absolute Gasteiger partial charge is 0.168 e. The molecule has 4 aromatic heterocycles. The third-order valence-corrected chi connectivity index (χ3v) is 12.4. The molecule has 0 atom stereocenters. The first-order valence-electron chi connectivity index (χ1n) is 20.9. The zero-order valence-electron chi connectivity index (χ0n) is 33.4. The van der Waals surface area contributed by atoms with Crippen LogP contribution in [0, 0.1) is 0 Å². The van der Waals surface area contributed by atoms with Crippen LogP contribution in [0.5, 0.6) is 0 Å². The number of para-hydroxylation sites is 3. The standard InChI is InChI=1S/C56H35N5O/c1-3-15-36(16-4-1)55-57-58-56(37-17-5-2-6-18-37)61(55)42-29-30-49-46(35-42)43-23-7-10-26-47(43)59(49)40-21-13-19-38(33-40)39-20-14-22-41(34-39)60-48-27-11-8-24-44(48)53-50(60)31-32-52-54(53)45-25-9-12-28-51(45)62-52/h1-35H. The first kappa shape index (κ1) is 34.4. The molecule has 0 unspecified atom stereocenters. The minimum absolute atomic E-state index is 0.798. The van der Waals surface area contributed by atoms with Gasteiger partial charge in [0.15, 0.2) is 11.6 Å². The van der Waals surface area contributed by atoms with Crippen LogP contribution in [0.4, 0.5) is 0 Å². The molecular formula is C56H35N5O. The van der Waals surface area contributed by atoms with Crippen molar-refractivity contribution in [2.45, 2.75) is 0 Å². The van der Waals surface area contributed by atoms with E-state index in [9.17, 15) is 0 Å². The molecule has 0 fully saturated rings. The molecule has 0 aliphatic heterocycles. The first-order chi connectivity index (χ1) is 30.8. The Morgan fingerprint density at radius 3 is 1.47 bits per heavy atom. The van der Waals surface area contributed by atoms with Crippen molar-refractivity contribution >= 4 is 65.6 Å². The molecular weight excluding hydrogens is 759 g/mol. The van der Waals surface area contributed by atoms with Crippen LogP contribution in [0.1, 0.15) is 0 Å². The largest absolute Gasteiger partial charge is 0.456 e. The van der Waals surface area contributed by atoms with Crippen molar-refractivity contribution in [1.82, 2.24) is 23.9 Å². The molecule has 0 aliphatic rings. The van der Waals surface area contributed by atoms with Crippen molar-refractivity contribution in [3.63, 3.8) is 0 Å². The highest BCUT2D eigenvalue weighted by molar-refractivity contribution is 6.27. The van der Waals surface area contributed by atoms with Gasteiger partial charge in [-0.15, -0.1) is 10.2 Å². The summed E-state index contributed by atoms with van der Waals surface area (Å²) in [5.74, 6) is 1.60. The second-order valence-electron chi connectivity index (χ2n) is 15.9. The highest BCUT2D eigenvalue weighted by Crippen LogP contribution is 2.42. The van der Waals surface area contributed by atoms with Crippen LogP contribution in [-0.4, -0.2) is 23.9 Å². The van der Waals surface area contributed by atoms with Gasteiger partial charge in [0.1, 0.15) is 11.2 Å². The molecule has 6 heteroatoms. The number of nitrogens with zero attached hydrogens (tertiary/aromatic N) is 5. The second kappa shape index (κ2) is 13.5. The Labute approximate surface area is 355 Å². The van der Waals surface area contributed by atoms with E-state index >= 15 is 0 Å². The van der Waals surface area contributed by atoms with E-state index in [0.717, 1.165) is 100 Å². The summed E-state index contributed by atoms with van der Waals surface area (Å²) in [5, 5.41) is 16.5. The van der Waals surface area contributed by atoms with Gasteiger partial charge < -0.3 is 13.6 Å². The van der Waals surface area contributed by atoms with Crippen molar-refractivity contribution in [2.75, 3.05) is 0 Å². The van der Waals surface area contributed by atoms with Crippen LogP contribution in [0.2, 0.25) is 0 Å². The third kappa shape index (κ3) is 5.17. The van der Waals surface area contributed by atoms with Crippen molar-refractivity contribution < 1.29 is 4.42 Å². The number of rotatable bonds is 6. The molecule has 290 valence electrons. The van der Waals surface area contributed by atoms with E-state index in [-0.39, 0.29) is 0 Å². The van der Waals surface area contributed by atoms with Crippen LogP contribution in [0.25, 0.3) is 117 Å². The van der Waals surface area contributed by atoms with Gasteiger partial charge in [-0.2, -0.15) is 0 Å². The average molecular weight is 794 g/mol. The lowest BCUT2D eigenvalue weighted by molar-refractivity contribution is 0.669. The molecule has 0 bridgehead atoms. The summed E-state index contributed by atoms with van der Waals surface area (Å²) in [6.45, 7) is 0. The van der Waals surface area contributed by atoms with Crippen LogP contribution in [-0.2, 0) is 0 Å². The third-order valence-electron chi connectivity index (χ3n) is 12.4. The summed E-state index contributed by atoms with van der Waals surface area (Å²) in [5.41, 5.74) is 13.9. The van der Waals surface area contributed by atoms with Gasteiger partial charge in [-0.3, -0.25) is 4.57 Å². The topological polar surface area (TPSA) is 53.7 Å². The Morgan fingerprint density at radius 2 is 0.790 bits per heavy atom. The Balaban J connectivity index is 0.956. The molecule has 0 saturated heterocycles. The fourth-order valence-electron chi connectivity index (χ4n) is 9.66. The van der Waals surface area contributed by atoms with Crippen LogP contribution < -0.4 is 0 Å². The van der Waals surface area contributed by atoms with Crippen molar-refractivity contribution in [1.29, 1.82) is 0 Å². The van der Waals surface area contributed by atoms with Crippen molar-refractivity contribution in [3.05, 3.63) is 212 Å². The minimum atomic E-state index is 0.798. The van der Waals surface area contributed by atoms with Crippen molar-refractivity contribution in [2.24, 2.45) is 0 Å². The quantitative estimate of drug-likeness (QED) is 0.168. The minimum Gasteiger partial charge on any atom is -0.456 e. The molecule has 13 rings (SSSR count). The molecule has 0 aliphatic carbocycles. The monoisotopic (exact) mass is 793 g/mol. The number of benzene rings is 9. The fourth-order valence-corrected chi connectivity index (χ4v) is 9.66. The molecule has 13 aromatic rings. The SMILES string of the molecule is c1ccc(-c2nnc(-c3ccccc3)n2-c2ccc3c(c2)c2ccccc2n3-c2cccc(-c3cccc(-n4c5ccccc5c5c6c(ccc54)oc4ccccc46)c3)c2)cc1. The van der Waals surface area contributed by atoms with Gasteiger partial charge >= 0.3 is 0 Å². The van der Waals surface area contributed by atoms with Crippen LogP contribution >= 0.6 is 0 Å². The number of hydrogen-bond donors (Lipinski definition) is 0. The Hall–Kier alpha value is -8.48. The second-order valence-corrected chi connectivity index (χ2v) is 15.9. The average Bonchev–Trinajstić information content (AvgIpc) is 4.11. The summed E-state index contributed by atoms with van der Waals surface area (Å²) in [7, 11) is 0. The lowest BCUT2D eigenvalue weighted by Gasteiger charge is -2.13. The van der Waals surface area contributed by atoms with Gasteiger partial charge in [0.2, 0.25) is 0 Å². The van der Waals surface area contributed by atoms with E-state index < -0.39 is 0 Å². The van der Waals surface area contributed by atoms with Gasteiger partial charge in [-0.1, -0.05) is 140 Å². The van der Waals surface area contributed by atoms with E-state index in [1.165, 1.54) is 16.2 Å². The number of hydrogen-bond acceptors (Lipinski definition) is 3. The normalized spacial score (nSPS) is 11.9. The first-order valence-corrected chi connectivity index (χ1v) is 20.9. The van der Waals surface area contributed by atoms with Gasteiger partial charge in [-0.05, 0) is 83.9 Å². The van der Waals surface area contributed by atoms with E-state index in [4.69, 9.17) is 14.6 Å². The zero-order valence-corrected chi connectivity index (χ0v) is 33.4. The lowest BCUT2D eigenvalue weighted by atomic mass is 10.0. The summed E-state index contributed by atoms with van der Waals surface area (Å²) in [6, 6.07) is 75.2. The summed E-state index contributed by atoms with van der Waals surface area (Å²) in [4.78, 5) is 0. The molecule has 9 aromatic carbocycles.